The molecule has 5 nitrogen and oxygen atoms in total. The fraction of sp³-hybridized carbons (Fsp3) is 0.478. The Morgan fingerprint density at radius 1 is 1.18 bits per heavy atom. The molecule has 0 radical (unpaired) electrons. The van der Waals surface area contributed by atoms with Gasteiger partial charge < -0.3 is 15.5 Å². The van der Waals surface area contributed by atoms with Crippen molar-refractivity contribution in [2.45, 2.75) is 40.0 Å². The highest BCUT2D eigenvalue weighted by Crippen LogP contribution is 2.25. The maximum absolute atomic E-state index is 12.3. The van der Waals surface area contributed by atoms with Gasteiger partial charge in [-0.3, -0.25) is 4.79 Å². The number of aromatic nitrogens is 1. The second-order valence-corrected chi connectivity index (χ2v) is 8.21. The highest BCUT2D eigenvalue weighted by molar-refractivity contribution is 5.94. The van der Waals surface area contributed by atoms with E-state index in [1.54, 1.807) is 18.3 Å². The van der Waals surface area contributed by atoms with Gasteiger partial charge >= 0.3 is 0 Å². The van der Waals surface area contributed by atoms with E-state index in [1.165, 1.54) is 18.5 Å². The van der Waals surface area contributed by atoms with Crippen LogP contribution in [0, 0.1) is 11.8 Å². The summed E-state index contributed by atoms with van der Waals surface area (Å²) in [4.78, 5) is 19.1. The molecule has 0 unspecified atom stereocenters. The molecule has 0 aliphatic carbocycles. The van der Waals surface area contributed by atoms with Gasteiger partial charge in [-0.2, -0.15) is 0 Å². The summed E-state index contributed by atoms with van der Waals surface area (Å²) in [5.41, 5.74) is 2.86. The zero-order valence-corrected chi connectivity index (χ0v) is 17.2. The van der Waals surface area contributed by atoms with E-state index >= 15 is 0 Å². The van der Waals surface area contributed by atoms with Crippen molar-refractivity contribution < 1.29 is 4.79 Å². The molecule has 3 rings (SSSR count). The van der Waals surface area contributed by atoms with Crippen molar-refractivity contribution in [3.8, 4) is 0 Å². The van der Waals surface area contributed by atoms with E-state index in [2.05, 4.69) is 65.6 Å². The Labute approximate surface area is 168 Å². The molecule has 1 fully saturated rings. The lowest BCUT2D eigenvalue weighted by atomic mass is 9.99. The molecule has 2 N–H and O–H groups in total. The number of hydrogen-bond acceptors (Lipinski definition) is 4. The SMILES string of the molecule is CC(C)CCNC(=O)c1ccnc(Nc2ccc(N3CCC(C)CC3)cc2)c1. The van der Waals surface area contributed by atoms with Crippen LogP contribution in [0.25, 0.3) is 0 Å². The molecule has 1 amide bonds. The van der Waals surface area contributed by atoms with Gasteiger partial charge in [0.2, 0.25) is 0 Å². The normalized spacial score (nSPS) is 14.9. The molecule has 1 aromatic carbocycles. The Kier molecular flexibility index (Phi) is 6.90. The Morgan fingerprint density at radius 3 is 2.57 bits per heavy atom. The van der Waals surface area contributed by atoms with E-state index in [0.29, 0.717) is 23.8 Å². The monoisotopic (exact) mass is 380 g/mol. The predicted molar refractivity (Wildman–Crippen MR) is 116 cm³/mol. The Hall–Kier alpha value is -2.56. The first-order valence-electron chi connectivity index (χ1n) is 10.4. The number of nitrogens with zero attached hydrogens (tertiary/aromatic N) is 2. The molecular weight excluding hydrogens is 348 g/mol. The second-order valence-electron chi connectivity index (χ2n) is 8.21. The van der Waals surface area contributed by atoms with Crippen LogP contribution in [-0.4, -0.2) is 30.5 Å². The van der Waals surface area contributed by atoms with Crippen molar-refractivity contribution in [3.05, 3.63) is 48.2 Å². The molecule has 1 aliphatic rings. The minimum absolute atomic E-state index is 0.0548. The van der Waals surface area contributed by atoms with Gasteiger partial charge in [0.05, 0.1) is 0 Å². The van der Waals surface area contributed by atoms with Crippen LogP contribution in [0.15, 0.2) is 42.6 Å². The molecule has 0 saturated carbocycles. The summed E-state index contributed by atoms with van der Waals surface area (Å²) in [6, 6.07) is 12.0. The molecule has 28 heavy (non-hydrogen) atoms. The van der Waals surface area contributed by atoms with Gasteiger partial charge in [-0.25, -0.2) is 4.98 Å². The smallest absolute Gasteiger partial charge is 0.251 e. The number of carbonyl (C=O) groups excluding carboxylic acids is 1. The lowest BCUT2D eigenvalue weighted by Crippen LogP contribution is -2.32. The molecule has 1 aromatic heterocycles. The number of pyridine rings is 1. The van der Waals surface area contributed by atoms with Crippen molar-refractivity contribution in [1.82, 2.24) is 10.3 Å². The molecule has 1 aliphatic heterocycles. The van der Waals surface area contributed by atoms with Gasteiger partial charge in [0.15, 0.2) is 0 Å². The van der Waals surface area contributed by atoms with Gasteiger partial charge in [0.25, 0.3) is 5.91 Å². The minimum Gasteiger partial charge on any atom is -0.372 e. The molecule has 150 valence electrons. The van der Waals surface area contributed by atoms with Gasteiger partial charge in [-0.15, -0.1) is 0 Å². The fourth-order valence-corrected chi connectivity index (χ4v) is 3.39. The summed E-state index contributed by atoms with van der Waals surface area (Å²) in [5.74, 6) is 2.03. The average Bonchev–Trinajstić information content (AvgIpc) is 2.69. The van der Waals surface area contributed by atoms with E-state index in [-0.39, 0.29) is 5.91 Å². The molecule has 2 aromatic rings. The first-order chi connectivity index (χ1) is 13.5. The van der Waals surface area contributed by atoms with Gasteiger partial charge in [-0.1, -0.05) is 20.8 Å². The van der Waals surface area contributed by atoms with Crippen molar-refractivity contribution in [1.29, 1.82) is 0 Å². The Bertz CT molecular complexity index is 764. The number of carbonyl (C=O) groups is 1. The van der Waals surface area contributed by atoms with Gasteiger partial charge in [0, 0.05) is 42.8 Å². The van der Waals surface area contributed by atoms with Gasteiger partial charge in [-0.05, 0) is 67.5 Å². The minimum atomic E-state index is -0.0548. The third-order valence-corrected chi connectivity index (χ3v) is 5.32. The molecule has 5 heteroatoms. The molecule has 2 heterocycles. The summed E-state index contributed by atoms with van der Waals surface area (Å²) >= 11 is 0. The number of nitrogens with one attached hydrogen (secondary N) is 2. The van der Waals surface area contributed by atoms with Crippen molar-refractivity contribution in [3.63, 3.8) is 0 Å². The molecule has 0 bridgehead atoms. The van der Waals surface area contributed by atoms with Gasteiger partial charge in [0.1, 0.15) is 5.82 Å². The number of rotatable bonds is 7. The largest absolute Gasteiger partial charge is 0.372 e. The summed E-state index contributed by atoms with van der Waals surface area (Å²) < 4.78 is 0. The summed E-state index contributed by atoms with van der Waals surface area (Å²) in [7, 11) is 0. The van der Waals surface area contributed by atoms with Crippen molar-refractivity contribution in [2.75, 3.05) is 29.9 Å². The first kappa shape index (κ1) is 20.2. The number of anilines is 3. The quantitative estimate of drug-likeness (QED) is 0.722. The lowest BCUT2D eigenvalue weighted by molar-refractivity contribution is 0.0952. The molecular formula is C23H32N4O. The Balaban J connectivity index is 1.58. The van der Waals surface area contributed by atoms with E-state index in [4.69, 9.17) is 0 Å². The van der Waals surface area contributed by atoms with Crippen molar-refractivity contribution in [2.24, 2.45) is 11.8 Å². The topological polar surface area (TPSA) is 57.3 Å². The average molecular weight is 381 g/mol. The number of piperidine rings is 1. The standard InChI is InChI=1S/C23H32N4O/c1-17(2)8-12-25-23(28)19-9-13-24-22(16-19)26-20-4-6-21(7-5-20)27-14-10-18(3)11-15-27/h4-7,9,13,16-18H,8,10-12,14-15H2,1-3H3,(H,24,26)(H,25,28). The third-order valence-electron chi connectivity index (χ3n) is 5.32. The third kappa shape index (κ3) is 5.72. The van der Waals surface area contributed by atoms with Crippen LogP contribution >= 0.6 is 0 Å². The second kappa shape index (κ2) is 9.58. The van der Waals surface area contributed by atoms with Crippen LogP contribution in [-0.2, 0) is 0 Å². The van der Waals surface area contributed by atoms with E-state index < -0.39 is 0 Å². The van der Waals surface area contributed by atoms with E-state index in [0.717, 1.165) is 31.1 Å². The van der Waals surface area contributed by atoms with Crippen LogP contribution in [0.2, 0.25) is 0 Å². The summed E-state index contributed by atoms with van der Waals surface area (Å²) in [5, 5.41) is 6.27. The number of hydrogen-bond donors (Lipinski definition) is 2. The molecule has 0 atom stereocenters. The zero-order valence-electron chi connectivity index (χ0n) is 17.2. The lowest BCUT2D eigenvalue weighted by Gasteiger charge is -2.32. The molecule has 1 saturated heterocycles. The van der Waals surface area contributed by atoms with Crippen LogP contribution in [0.4, 0.5) is 17.2 Å². The van der Waals surface area contributed by atoms with Crippen LogP contribution in [0.1, 0.15) is 50.4 Å². The number of amides is 1. The van der Waals surface area contributed by atoms with E-state index in [9.17, 15) is 4.79 Å². The van der Waals surface area contributed by atoms with Crippen LogP contribution in [0.3, 0.4) is 0 Å². The highest BCUT2D eigenvalue weighted by Gasteiger charge is 2.15. The predicted octanol–water partition coefficient (Wildman–Crippen LogP) is 4.84. The Morgan fingerprint density at radius 2 is 1.89 bits per heavy atom. The maximum atomic E-state index is 12.3. The van der Waals surface area contributed by atoms with Crippen LogP contribution in [0.5, 0.6) is 0 Å². The summed E-state index contributed by atoms with van der Waals surface area (Å²) in [6.45, 7) is 9.58. The summed E-state index contributed by atoms with van der Waals surface area (Å²) in [6.07, 6.45) is 5.17. The first-order valence-corrected chi connectivity index (χ1v) is 10.4. The van der Waals surface area contributed by atoms with Crippen molar-refractivity contribution >= 4 is 23.1 Å². The zero-order chi connectivity index (χ0) is 19.9. The number of benzene rings is 1. The highest BCUT2D eigenvalue weighted by atomic mass is 16.1. The van der Waals surface area contributed by atoms with Crippen LogP contribution < -0.4 is 15.5 Å². The maximum Gasteiger partial charge on any atom is 0.251 e. The molecule has 0 spiro atoms. The van der Waals surface area contributed by atoms with E-state index in [1.807, 2.05) is 0 Å². The fourth-order valence-electron chi connectivity index (χ4n) is 3.39.